The summed E-state index contributed by atoms with van der Waals surface area (Å²) in [6.45, 7) is 0.662. The van der Waals surface area contributed by atoms with E-state index in [2.05, 4.69) is 34.6 Å². The number of ether oxygens (including phenoxy) is 1. The fourth-order valence-electron chi connectivity index (χ4n) is 6.75. The summed E-state index contributed by atoms with van der Waals surface area (Å²) in [6.07, 6.45) is 7.69. The Balaban J connectivity index is 1.18. The molecule has 1 saturated carbocycles. The first-order valence-corrected chi connectivity index (χ1v) is 14.6. The molecule has 2 N–H and O–H groups in total. The van der Waals surface area contributed by atoms with Crippen LogP contribution in [-0.4, -0.2) is 28.2 Å². The van der Waals surface area contributed by atoms with Gasteiger partial charge in [-0.2, -0.15) is 0 Å². The molecule has 4 aromatic rings. The quantitative estimate of drug-likeness (QED) is 0.221. The van der Waals surface area contributed by atoms with Crippen molar-refractivity contribution in [2.24, 2.45) is 5.92 Å². The Hall–Kier alpha value is -3.09. The third kappa shape index (κ3) is 4.54. The number of carbonyl (C=O) groups is 1. The van der Waals surface area contributed by atoms with E-state index in [1.807, 2.05) is 29.6 Å². The molecule has 6 rings (SSSR count). The van der Waals surface area contributed by atoms with E-state index in [-0.39, 0.29) is 5.41 Å². The molecule has 5 nitrogen and oxygen atoms in total. The Morgan fingerprint density at radius 1 is 1.11 bits per heavy atom. The number of nitrogens with one attached hydrogen (secondary N) is 1. The molecule has 38 heavy (non-hydrogen) atoms. The van der Waals surface area contributed by atoms with Crippen molar-refractivity contribution in [2.45, 2.75) is 55.9 Å². The summed E-state index contributed by atoms with van der Waals surface area (Å²) >= 11 is 7.84. The maximum absolute atomic E-state index is 12.6. The Morgan fingerprint density at radius 2 is 1.95 bits per heavy atom. The molecule has 2 aliphatic carbocycles. The van der Waals surface area contributed by atoms with Crippen molar-refractivity contribution in [1.82, 2.24) is 4.98 Å². The SMILES string of the molecule is O=C(O)C1(Nc2cccc(Cl)c2)CCC2(CC1)c1ccccc1CC2CCCOc1ccnc2ccsc12. The number of thiophene rings is 1. The minimum atomic E-state index is -0.992. The number of carboxylic acid groups (broad SMARTS) is 1. The average molecular weight is 547 g/mol. The maximum atomic E-state index is 12.6. The van der Waals surface area contributed by atoms with Crippen LogP contribution in [0, 0.1) is 5.92 Å². The van der Waals surface area contributed by atoms with Gasteiger partial charge in [0.1, 0.15) is 11.3 Å². The van der Waals surface area contributed by atoms with Gasteiger partial charge in [-0.25, -0.2) is 4.79 Å². The van der Waals surface area contributed by atoms with Crippen LogP contribution in [0.25, 0.3) is 10.2 Å². The standard InChI is InChI=1S/C31H31ClN2O3S/c32-23-7-3-8-24(20-23)34-31(29(35)36)14-12-30(13-15-31)22(19-21-5-1-2-9-25(21)30)6-4-17-37-27-10-16-33-26-11-18-38-28(26)27/h1-3,5,7-11,16,18,20,22,34H,4,6,12-15,17,19H2,(H,35,36). The minimum absolute atomic E-state index is 0.00322. The zero-order chi connectivity index (χ0) is 26.2. The predicted molar refractivity (Wildman–Crippen MR) is 154 cm³/mol. The van der Waals surface area contributed by atoms with Gasteiger partial charge in [0.25, 0.3) is 0 Å². The van der Waals surface area contributed by atoms with Gasteiger partial charge in [-0.3, -0.25) is 4.98 Å². The maximum Gasteiger partial charge on any atom is 0.329 e. The number of aromatic nitrogens is 1. The number of carboxylic acids is 1. The second-order valence-corrected chi connectivity index (χ2v) is 12.0. The molecule has 1 unspecified atom stereocenters. The molecule has 0 aliphatic heterocycles. The Labute approximate surface area is 231 Å². The van der Waals surface area contributed by atoms with Gasteiger partial charge in [0.15, 0.2) is 0 Å². The highest BCUT2D eigenvalue weighted by atomic mass is 35.5. The summed E-state index contributed by atoms with van der Waals surface area (Å²) in [7, 11) is 0. The topological polar surface area (TPSA) is 71.5 Å². The third-order valence-electron chi connectivity index (χ3n) is 8.68. The smallest absolute Gasteiger partial charge is 0.329 e. The number of pyridine rings is 1. The van der Waals surface area contributed by atoms with Crippen molar-refractivity contribution in [1.29, 1.82) is 0 Å². The van der Waals surface area contributed by atoms with Crippen molar-refractivity contribution >= 4 is 44.8 Å². The molecule has 0 radical (unpaired) electrons. The van der Waals surface area contributed by atoms with Crippen molar-refractivity contribution in [2.75, 3.05) is 11.9 Å². The van der Waals surface area contributed by atoms with Crippen molar-refractivity contribution in [3.8, 4) is 5.75 Å². The Bertz CT molecular complexity index is 1460. The lowest BCUT2D eigenvalue weighted by molar-refractivity contribution is -0.144. The second-order valence-electron chi connectivity index (χ2n) is 10.7. The van der Waals surface area contributed by atoms with Crippen molar-refractivity contribution < 1.29 is 14.6 Å². The number of anilines is 1. The lowest BCUT2D eigenvalue weighted by Gasteiger charge is -2.47. The monoisotopic (exact) mass is 546 g/mol. The van der Waals surface area contributed by atoms with Gasteiger partial charge in [0, 0.05) is 16.9 Å². The van der Waals surface area contributed by atoms with E-state index >= 15 is 0 Å². The number of benzene rings is 2. The first-order chi connectivity index (χ1) is 18.5. The molecule has 0 amide bonds. The number of nitrogens with zero attached hydrogens (tertiary/aromatic N) is 1. The summed E-state index contributed by atoms with van der Waals surface area (Å²) in [6, 6.07) is 20.1. The van der Waals surface area contributed by atoms with Crippen LogP contribution < -0.4 is 10.1 Å². The van der Waals surface area contributed by atoms with Gasteiger partial charge in [0.2, 0.25) is 0 Å². The molecule has 7 heteroatoms. The molecule has 1 spiro atoms. The lowest BCUT2D eigenvalue weighted by Crippen LogP contribution is -2.53. The molecule has 1 fully saturated rings. The van der Waals surface area contributed by atoms with Crippen LogP contribution in [0.1, 0.15) is 49.7 Å². The van der Waals surface area contributed by atoms with Crippen LogP contribution in [0.15, 0.2) is 72.2 Å². The van der Waals surface area contributed by atoms with E-state index < -0.39 is 11.5 Å². The highest BCUT2D eigenvalue weighted by Gasteiger charge is 2.53. The highest BCUT2D eigenvalue weighted by Crippen LogP contribution is 2.55. The lowest BCUT2D eigenvalue weighted by atomic mass is 9.60. The molecule has 0 bridgehead atoms. The molecule has 2 aromatic carbocycles. The number of aliphatic carboxylic acids is 1. The number of hydrogen-bond acceptors (Lipinski definition) is 5. The van der Waals surface area contributed by atoms with E-state index in [1.165, 1.54) is 11.1 Å². The van der Waals surface area contributed by atoms with E-state index in [4.69, 9.17) is 16.3 Å². The fourth-order valence-corrected chi connectivity index (χ4v) is 7.76. The Morgan fingerprint density at radius 3 is 2.76 bits per heavy atom. The summed E-state index contributed by atoms with van der Waals surface area (Å²) in [5.74, 6) is 0.590. The van der Waals surface area contributed by atoms with Crippen LogP contribution in [-0.2, 0) is 16.6 Å². The molecule has 2 heterocycles. The first kappa shape index (κ1) is 25.2. The fraction of sp³-hybridized carbons (Fsp3) is 0.355. The number of rotatable bonds is 8. The third-order valence-corrected chi connectivity index (χ3v) is 9.83. The van der Waals surface area contributed by atoms with Crippen LogP contribution in [0.4, 0.5) is 5.69 Å². The molecular weight excluding hydrogens is 516 g/mol. The molecule has 1 atom stereocenters. The van der Waals surface area contributed by atoms with Crippen LogP contribution in [0.3, 0.4) is 0 Å². The summed E-state index contributed by atoms with van der Waals surface area (Å²) in [5.41, 5.74) is 3.58. The van der Waals surface area contributed by atoms with Crippen LogP contribution in [0.5, 0.6) is 5.75 Å². The average Bonchev–Trinajstić information content (AvgIpc) is 3.52. The molecule has 2 aliphatic rings. The molecule has 0 saturated heterocycles. The van der Waals surface area contributed by atoms with E-state index in [9.17, 15) is 9.90 Å². The van der Waals surface area contributed by atoms with Gasteiger partial charge < -0.3 is 15.2 Å². The minimum Gasteiger partial charge on any atom is -0.492 e. The normalized spacial score (nSPS) is 24.4. The van der Waals surface area contributed by atoms with Crippen LogP contribution >= 0.6 is 22.9 Å². The van der Waals surface area contributed by atoms with Gasteiger partial charge in [-0.15, -0.1) is 11.3 Å². The van der Waals surface area contributed by atoms with Gasteiger partial charge in [0.05, 0.1) is 16.8 Å². The number of fused-ring (bicyclic) bond motifs is 3. The summed E-state index contributed by atoms with van der Waals surface area (Å²) in [5, 5.41) is 16.3. The zero-order valence-corrected chi connectivity index (χ0v) is 22.7. The largest absolute Gasteiger partial charge is 0.492 e. The molecular formula is C31H31ClN2O3S. The number of hydrogen-bond donors (Lipinski definition) is 2. The summed E-state index contributed by atoms with van der Waals surface area (Å²) < 4.78 is 7.30. The zero-order valence-electron chi connectivity index (χ0n) is 21.2. The van der Waals surface area contributed by atoms with Gasteiger partial charge >= 0.3 is 5.97 Å². The van der Waals surface area contributed by atoms with Crippen molar-refractivity contribution in [3.63, 3.8) is 0 Å². The predicted octanol–water partition coefficient (Wildman–Crippen LogP) is 7.73. The Kier molecular flexibility index (Phi) is 6.79. The van der Waals surface area contributed by atoms with Crippen molar-refractivity contribution in [3.05, 3.63) is 88.4 Å². The van der Waals surface area contributed by atoms with Crippen LogP contribution in [0.2, 0.25) is 5.02 Å². The van der Waals surface area contributed by atoms with E-state index in [0.717, 1.165) is 53.8 Å². The molecule has 2 aromatic heterocycles. The molecule has 196 valence electrons. The van der Waals surface area contributed by atoms with Gasteiger partial charge in [-0.1, -0.05) is 41.9 Å². The second kappa shape index (κ2) is 10.2. The number of halogens is 1. The van der Waals surface area contributed by atoms with E-state index in [1.54, 1.807) is 29.7 Å². The highest BCUT2D eigenvalue weighted by molar-refractivity contribution is 7.17. The summed E-state index contributed by atoms with van der Waals surface area (Å²) in [4.78, 5) is 17.0. The first-order valence-electron chi connectivity index (χ1n) is 13.3. The van der Waals surface area contributed by atoms with Gasteiger partial charge in [-0.05, 0) is 103 Å². The van der Waals surface area contributed by atoms with E-state index in [0.29, 0.717) is 30.4 Å².